The summed E-state index contributed by atoms with van der Waals surface area (Å²) >= 11 is 0. The van der Waals surface area contributed by atoms with Gasteiger partial charge >= 0.3 is 0 Å². The highest BCUT2D eigenvalue weighted by atomic mass is 16.5. The Bertz CT molecular complexity index is 319. The predicted octanol–water partition coefficient (Wildman–Crippen LogP) is 1.90. The SMILES string of the molecule is CCCn1nccc1C(O)CC1CCCO1. The van der Waals surface area contributed by atoms with Gasteiger partial charge in [0.1, 0.15) is 0 Å². The number of aliphatic hydroxyl groups is 1. The molecule has 2 rings (SSSR count). The lowest BCUT2D eigenvalue weighted by Gasteiger charge is -2.16. The molecule has 0 aromatic carbocycles. The summed E-state index contributed by atoms with van der Waals surface area (Å²) in [5.74, 6) is 0. The molecule has 2 heterocycles. The van der Waals surface area contributed by atoms with Crippen molar-refractivity contribution in [3.05, 3.63) is 18.0 Å². The van der Waals surface area contributed by atoms with Crippen LogP contribution in [-0.2, 0) is 11.3 Å². The Labute approximate surface area is 96.2 Å². The molecule has 2 unspecified atom stereocenters. The number of aromatic nitrogens is 2. The van der Waals surface area contributed by atoms with Crippen molar-refractivity contribution in [2.45, 2.75) is 51.4 Å². The molecule has 16 heavy (non-hydrogen) atoms. The Morgan fingerprint density at radius 1 is 1.69 bits per heavy atom. The van der Waals surface area contributed by atoms with Gasteiger partial charge in [-0.3, -0.25) is 4.68 Å². The maximum atomic E-state index is 10.1. The zero-order chi connectivity index (χ0) is 11.4. The van der Waals surface area contributed by atoms with Gasteiger partial charge < -0.3 is 9.84 Å². The summed E-state index contributed by atoms with van der Waals surface area (Å²) in [4.78, 5) is 0. The first-order chi connectivity index (χ1) is 7.81. The first-order valence-corrected chi connectivity index (χ1v) is 6.12. The van der Waals surface area contributed by atoms with E-state index in [0.717, 1.165) is 38.1 Å². The topological polar surface area (TPSA) is 47.3 Å². The first kappa shape index (κ1) is 11.6. The molecule has 2 atom stereocenters. The van der Waals surface area contributed by atoms with Crippen LogP contribution in [0.3, 0.4) is 0 Å². The van der Waals surface area contributed by atoms with E-state index < -0.39 is 6.10 Å². The van der Waals surface area contributed by atoms with Gasteiger partial charge in [-0.15, -0.1) is 0 Å². The second-order valence-electron chi connectivity index (χ2n) is 4.37. The standard InChI is InChI=1S/C12H20N2O2/c1-2-7-14-11(5-6-13-14)12(15)9-10-4-3-8-16-10/h5-6,10,12,15H,2-4,7-9H2,1H3. The van der Waals surface area contributed by atoms with Crippen LogP contribution in [0.4, 0.5) is 0 Å². The fraction of sp³-hybridized carbons (Fsp3) is 0.750. The Morgan fingerprint density at radius 2 is 2.56 bits per heavy atom. The van der Waals surface area contributed by atoms with Crippen LogP contribution in [0.1, 0.15) is 44.4 Å². The molecule has 4 nitrogen and oxygen atoms in total. The van der Waals surface area contributed by atoms with Gasteiger partial charge in [0, 0.05) is 25.8 Å². The third-order valence-electron chi connectivity index (χ3n) is 3.04. The maximum Gasteiger partial charge on any atom is 0.0981 e. The summed E-state index contributed by atoms with van der Waals surface area (Å²) in [6.07, 6.45) is 5.43. The van der Waals surface area contributed by atoms with Gasteiger partial charge in [0.15, 0.2) is 0 Å². The second-order valence-corrected chi connectivity index (χ2v) is 4.37. The molecule has 90 valence electrons. The number of hydrogen-bond acceptors (Lipinski definition) is 3. The van der Waals surface area contributed by atoms with Gasteiger partial charge in [0.2, 0.25) is 0 Å². The van der Waals surface area contributed by atoms with E-state index in [9.17, 15) is 5.11 Å². The van der Waals surface area contributed by atoms with Crippen LogP contribution < -0.4 is 0 Å². The van der Waals surface area contributed by atoms with Crippen LogP contribution in [0.5, 0.6) is 0 Å². The summed E-state index contributed by atoms with van der Waals surface area (Å²) in [6, 6.07) is 1.90. The fourth-order valence-corrected chi connectivity index (χ4v) is 2.22. The van der Waals surface area contributed by atoms with E-state index in [-0.39, 0.29) is 6.10 Å². The van der Waals surface area contributed by atoms with Crippen LogP contribution in [0.2, 0.25) is 0 Å². The highest BCUT2D eigenvalue weighted by Crippen LogP contribution is 2.24. The summed E-state index contributed by atoms with van der Waals surface area (Å²) in [5, 5.41) is 14.4. The lowest BCUT2D eigenvalue weighted by atomic mass is 10.1. The molecule has 0 saturated carbocycles. The molecule has 0 amide bonds. The highest BCUT2D eigenvalue weighted by molar-refractivity contribution is 5.05. The lowest BCUT2D eigenvalue weighted by molar-refractivity contribution is 0.0500. The molecule has 1 fully saturated rings. The molecule has 1 aromatic heterocycles. The number of aryl methyl sites for hydroxylation is 1. The van der Waals surface area contributed by atoms with Crippen LogP contribution in [0.25, 0.3) is 0 Å². The Kier molecular flexibility index (Phi) is 3.96. The number of rotatable bonds is 5. The van der Waals surface area contributed by atoms with Gasteiger partial charge in [-0.2, -0.15) is 5.10 Å². The van der Waals surface area contributed by atoms with Crippen molar-refractivity contribution in [3.63, 3.8) is 0 Å². The van der Waals surface area contributed by atoms with Crippen molar-refractivity contribution < 1.29 is 9.84 Å². The van der Waals surface area contributed by atoms with E-state index in [0.29, 0.717) is 6.42 Å². The van der Waals surface area contributed by atoms with Gasteiger partial charge in [-0.25, -0.2) is 0 Å². The van der Waals surface area contributed by atoms with E-state index in [4.69, 9.17) is 4.74 Å². The van der Waals surface area contributed by atoms with Crippen molar-refractivity contribution in [2.24, 2.45) is 0 Å². The molecule has 1 aromatic rings. The van der Waals surface area contributed by atoms with E-state index >= 15 is 0 Å². The third-order valence-corrected chi connectivity index (χ3v) is 3.04. The third kappa shape index (κ3) is 2.62. The molecular weight excluding hydrogens is 204 g/mol. The first-order valence-electron chi connectivity index (χ1n) is 6.12. The summed E-state index contributed by atoms with van der Waals surface area (Å²) < 4.78 is 7.42. The molecule has 1 aliphatic heterocycles. The smallest absolute Gasteiger partial charge is 0.0981 e. The van der Waals surface area contributed by atoms with Gasteiger partial charge in [-0.1, -0.05) is 6.92 Å². The van der Waals surface area contributed by atoms with E-state index in [2.05, 4.69) is 12.0 Å². The minimum absolute atomic E-state index is 0.222. The summed E-state index contributed by atoms with van der Waals surface area (Å²) in [5.41, 5.74) is 0.914. The van der Waals surface area contributed by atoms with Crippen molar-refractivity contribution in [1.29, 1.82) is 0 Å². The monoisotopic (exact) mass is 224 g/mol. The normalized spacial score (nSPS) is 22.5. The molecule has 1 N–H and O–H groups in total. The lowest BCUT2D eigenvalue weighted by Crippen LogP contribution is -2.15. The minimum atomic E-state index is -0.447. The van der Waals surface area contributed by atoms with Gasteiger partial charge in [-0.05, 0) is 25.3 Å². The maximum absolute atomic E-state index is 10.1. The molecule has 0 bridgehead atoms. The van der Waals surface area contributed by atoms with Crippen molar-refractivity contribution in [3.8, 4) is 0 Å². The number of nitrogens with zero attached hydrogens (tertiary/aromatic N) is 2. The largest absolute Gasteiger partial charge is 0.387 e. The Morgan fingerprint density at radius 3 is 3.25 bits per heavy atom. The molecule has 4 heteroatoms. The van der Waals surface area contributed by atoms with Crippen LogP contribution in [0.15, 0.2) is 12.3 Å². The van der Waals surface area contributed by atoms with Crippen molar-refractivity contribution in [2.75, 3.05) is 6.61 Å². The second kappa shape index (κ2) is 5.46. The van der Waals surface area contributed by atoms with E-state index in [1.807, 2.05) is 10.7 Å². The average Bonchev–Trinajstić information content (AvgIpc) is 2.89. The Balaban J connectivity index is 1.96. The molecule has 1 saturated heterocycles. The zero-order valence-corrected chi connectivity index (χ0v) is 9.80. The molecule has 0 spiro atoms. The van der Waals surface area contributed by atoms with Crippen LogP contribution in [0, 0.1) is 0 Å². The highest BCUT2D eigenvalue weighted by Gasteiger charge is 2.22. The molecule has 0 radical (unpaired) electrons. The minimum Gasteiger partial charge on any atom is -0.387 e. The average molecular weight is 224 g/mol. The van der Waals surface area contributed by atoms with Crippen molar-refractivity contribution >= 4 is 0 Å². The summed E-state index contributed by atoms with van der Waals surface area (Å²) in [6.45, 7) is 3.81. The predicted molar refractivity (Wildman–Crippen MR) is 61.1 cm³/mol. The van der Waals surface area contributed by atoms with E-state index in [1.165, 1.54) is 0 Å². The van der Waals surface area contributed by atoms with Crippen molar-refractivity contribution in [1.82, 2.24) is 9.78 Å². The number of aliphatic hydroxyl groups excluding tert-OH is 1. The molecule has 0 aliphatic carbocycles. The quantitative estimate of drug-likeness (QED) is 0.831. The zero-order valence-electron chi connectivity index (χ0n) is 9.80. The van der Waals surface area contributed by atoms with Gasteiger partial charge in [0.25, 0.3) is 0 Å². The van der Waals surface area contributed by atoms with Crippen LogP contribution in [-0.4, -0.2) is 27.6 Å². The number of ether oxygens (including phenoxy) is 1. The molecule has 1 aliphatic rings. The van der Waals surface area contributed by atoms with Gasteiger partial charge in [0.05, 0.1) is 17.9 Å². The fourth-order valence-electron chi connectivity index (χ4n) is 2.22. The summed E-state index contributed by atoms with van der Waals surface area (Å²) in [7, 11) is 0. The van der Waals surface area contributed by atoms with E-state index in [1.54, 1.807) is 6.20 Å². The van der Waals surface area contributed by atoms with Crippen LogP contribution >= 0.6 is 0 Å². The Hall–Kier alpha value is -0.870. The molecular formula is C12H20N2O2. The number of hydrogen-bond donors (Lipinski definition) is 1.